The first-order chi connectivity index (χ1) is 8.24. The van der Waals surface area contributed by atoms with E-state index in [0.717, 1.165) is 0 Å². The maximum atomic E-state index is 11.1. The summed E-state index contributed by atoms with van der Waals surface area (Å²) in [5, 5.41) is 6.21. The molecule has 0 heterocycles. The number of nitrogens with one attached hydrogen (secondary N) is 3. The molecule has 0 aliphatic rings. The molecule has 0 radical (unpaired) electrons. The highest BCUT2D eigenvalue weighted by Gasteiger charge is 2.09. The maximum Gasteiger partial charge on any atom is 0.283 e. The first kappa shape index (κ1) is 16.7. The second-order valence-electron chi connectivity index (χ2n) is 3.04. The lowest BCUT2D eigenvalue weighted by Gasteiger charge is -2.06. The number of hydrogen-bond acceptors (Lipinski definition) is 6. The fourth-order valence-electron chi connectivity index (χ4n) is 0.710. The van der Waals surface area contributed by atoms with Crippen LogP contribution in [0.15, 0.2) is 0 Å². The van der Waals surface area contributed by atoms with Gasteiger partial charge in [0.1, 0.15) is 5.88 Å². The number of thiol groups is 1. The number of rotatable bonds is 7. The SMILES string of the molecule is O=C(CS)NCC(=O)NCC(=O)NCS(=O)(=O)O. The highest BCUT2D eigenvalue weighted by Crippen LogP contribution is 1.77. The van der Waals surface area contributed by atoms with Crippen molar-refractivity contribution in [1.82, 2.24) is 16.0 Å². The predicted octanol–water partition coefficient (Wildman–Crippen LogP) is -2.89. The van der Waals surface area contributed by atoms with Crippen LogP contribution in [-0.4, -0.2) is 55.4 Å². The molecule has 0 spiro atoms. The highest BCUT2D eigenvalue weighted by molar-refractivity contribution is 7.85. The fourth-order valence-corrected chi connectivity index (χ4v) is 1.17. The number of carbonyl (C=O) groups excluding carboxylic acids is 3. The fraction of sp³-hybridized carbons (Fsp3) is 0.571. The predicted molar refractivity (Wildman–Crippen MR) is 64.4 cm³/mol. The number of carbonyl (C=O) groups is 3. The van der Waals surface area contributed by atoms with E-state index in [9.17, 15) is 22.8 Å². The molecule has 0 aromatic rings. The van der Waals surface area contributed by atoms with Crippen LogP contribution in [0.2, 0.25) is 0 Å². The number of hydrogen-bond donors (Lipinski definition) is 5. The summed E-state index contributed by atoms with van der Waals surface area (Å²) in [6.07, 6.45) is 0. The summed E-state index contributed by atoms with van der Waals surface area (Å²) in [5.74, 6) is -2.85. The minimum Gasteiger partial charge on any atom is -0.346 e. The average Bonchev–Trinajstić information content (AvgIpc) is 2.29. The third kappa shape index (κ3) is 9.86. The molecule has 0 aromatic carbocycles. The molecule has 0 rings (SSSR count). The van der Waals surface area contributed by atoms with Gasteiger partial charge in [-0.15, -0.1) is 0 Å². The van der Waals surface area contributed by atoms with E-state index in [0.29, 0.717) is 0 Å². The van der Waals surface area contributed by atoms with Crippen LogP contribution in [-0.2, 0) is 24.5 Å². The topological polar surface area (TPSA) is 142 Å². The van der Waals surface area contributed by atoms with Crippen molar-refractivity contribution in [2.75, 3.05) is 24.7 Å². The molecule has 0 aliphatic carbocycles. The Labute approximate surface area is 109 Å². The summed E-state index contributed by atoms with van der Waals surface area (Å²) in [6, 6.07) is 0. The molecular weight excluding hydrogens is 286 g/mol. The van der Waals surface area contributed by atoms with Gasteiger partial charge in [0.2, 0.25) is 17.7 Å². The van der Waals surface area contributed by atoms with Crippen molar-refractivity contribution in [3.8, 4) is 0 Å². The van der Waals surface area contributed by atoms with Gasteiger partial charge in [0.05, 0.1) is 18.8 Å². The highest BCUT2D eigenvalue weighted by atomic mass is 32.2. The van der Waals surface area contributed by atoms with Crippen molar-refractivity contribution in [1.29, 1.82) is 0 Å². The molecule has 18 heavy (non-hydrogen) atoms. The van der Waals surface area contributed by atoms with E-state index in [1.54, 1.807) is 0 Å². The maximum absolute atomic E-state index is 11.1. The first-order valence-corrected chi connectivity index (χ1v) is 6.85. The van der Waals surface area contributed by atoms with Gasteiger partial charge >= 0.3 is 0 Å². The van der Waals surface area contributed by atoms with Crippen molar-refractivity contribution >= 4 is 40.5 Å². The Morgan fingerprint density at radius 3 is 1.83 bits per heavy atom. The lowest BCUT2D eigenvalue weighted by Crippen LogP contribution is -2.43. The van der Waals surface area contributed by atoms with Gasteiger partial charge in [-0.1, -0.05) is 0 Å². The summed E-state index contributed by atoms with van der Waals surface area (Å²) in [7, 11) is -4.29. The smallest absolute Gasteiger partial charge is 0.283 e. The summed E-state index contributed by atoms with van der Waals surface area (Å²) >= 11 is 3.67. The minimum absolute atomic E-state index is 0.0673. The Kier molecular flexibility index (Phi) is 7.31. The molecular formula is C7H13N3O6S2. The second-order valence-corrected chi connectivity index (χ2v) is 4.81. The van der Waals surface area contributed by atoms with Crippen LogP contribution >= 0.6 is 12.6 Å². The van der Waals surface area contributed by atoms with Crippen LogP contribution in [0.4, 0.5) is 0 Å². The molecule has 0 saturated heterocycles. The average molecular weight is 299 g/mol. The molecule has 0 fully saturated rings. The summed E-state index contributed by atoms with van der Waals surface area (Å²) in [6.45, 7) is -0.782. The zero-order chi connectivity index (χ0) is 14.2. The van der Waals surface area contributed by atoms with Gasteiger partial charge < -0.3 is 16.0 Å². The van der Waals surface area contributed by atoms with Gasteiger partial charge in [-0.3, -0.25) is 18.9 Å². The monoisotopic (exact) mass is 299 g/mol. The molecule has 3 amide bonds. The molecule has 104 valence electrons. The van der Waals surface area contributed by atoms with Crippen LogP contribution in [0.25, 0.3) is 0 Å². The van der Waals surface area contributed by atoms with E-state index in [1.165, 1.54) is 0 Å². The van der Waals surface area contributed by atoms with Crippen LogP contribution < -0.4 is 16.0 Å². The van der Waals surface area contributed by atoms with E-state index < -0.39 is 40.3 Å². The van der Waals surface area contributed by atoms with Gasteiger partial charge in [0.25, 0.3) is 10.1 Å². The molecule has 0 saturated carbocycles. The van der Waals surface area contributed by atoms with E-state index in [-0.39, 0.29) is 12.3 Å². The van der Waals surface area contributed by atoms with Crippen molar-refractivity contribution in [3.05, 3.63) is 0 Å². The van der Waals surface area contributed by atoms with E-state index in [4.69, 9.17) is 4.55 Å². The van der Waals surface area contributed by atoms with Crippen LogP contribution in [0.1, 0.15) is 0 Å². The Bertz CT molecular complexity index is 421. The minimum atomic E-state index is -4.29. The van der Waals surface area contributed by atoms with Gasteiger partial charge in [-0.25, -0.2) is 0 Å². The summed E-state index contributed by atoms with van der Waals surface area (Å²) in [4.78, 5) is 32.8. The van der Waals surface area contributed by atoms with Gasteiger partial charge in [0, 0.05) is 0 Å². The largest absolute Gasteiger partial charge is 0.346 e. The Balaban J connectivity index is 3.79. The molecule has 9 nitrogen and oxygen atoms in total. The van der Waals surface area contributed by atoms with Crippen molar-refractivity contribution in [2.45, 2.75) is 0 Å². The van der Waals surface area contributed by atoms with Gasteiger partial charge in [0.15, 0.2) is 0 Å². The van der Waals surface area contributed by atoms with Crippen molar-refractivity contribution < 1.29 is 27.4 Å². The lowest BCUT2D eigenvalue weighted by molar-refractivity contribution is -0.127. The third-order valence-corrected chi connectivity index (χ3v) is 2.28. The molecule has 0 atom stereocenters. The summed E-state index contributed by atoms with van der Waals surface area (Å²) in [5.41, 5.74) is 0. The van der Waals surface area contributed by atoms with Crippen molar-refractivity contribution in [3.63, 3.8) is 0 Å². The zero-order valence-corrected chi connectivity index (χ0v) is 10.9. The van der Waals surface area contributed by atoms with E-state index in [1.807, 2.05) is 5.32 Å². The normalized spacial score (nSPS) is 10.6. The molecule has 11 heteroatoms. The third-order valence-electron chi connectivity index (χ3n) is 1.49. The Morgan fingerprint density at radius 2 is 1.39 bits per heavy atom. The molecule has 0 aromatic heterocycles. The second kappa shape index (κ2) is 7.89. The van der Waals surface area contributed by atoms with Crippen LogP contribution in [0.3, 0.4) is 0 Å². The Morgan fingerprint density at radius 1 is 0.944 bits per heavy atom. The van der Waals surface area contributed by atoms with Gasteiger partial charge in [-0.2, -0.15) is 21.0 Å². The standard InChI is InChI=1S/C7H13N3O6S2/c11-5(1-9-7(13)3-17)8-2-6(12)10-4-18(14,15)16/h17H,1-4H2,(H,8,11)(H,9,13)(H,10,12)(H,14,15,16). The molecule has 0 unspecified atom stereocenters. The van der Waals surface area contributed by atoms with E-state index in [2.05, 4.69) is 23.3 Å². The van der Waals surface area contributed by atoms with Crippen LogP contribution in [0.5, 0.6) is 0 Å². The van der Waals surface area contributed by atoms with E-state index >= 15 is 0 Å². The molecule has 0 aliphatic heterocycles. The lowest BCUT2D eigenvalue weighted by atomic mass is 10.5. The van der Waals surface area contributed by atoms with Crippen molar-refractivity contribution in [2.24, 2.45) is 0 Å². The quantitative estimate of drug-likeness (QED) is 0.252. The summed E-state index contributed by atoms with van der Waals surface area (Å²) < 4.78 is 28.9. The first-order valence-electron chi connectivity index (χ1n) is 4.60. The number of amides is 3. The molecule has 0 bridgehead atoms. The van der Waals surface area contributed by atoms with Gasteiger partial charge in [-0.05, 0) is 0 Å². The molecule has 4 N–H and O–H groups in total. The Hall–Kier alpha value is -1.33. The zero-order valence-electron chi connectivity index (χ0n) is 9.17. The van der Waals surface area contributed by atoms with Crippen LogP contribution in [0, 0.1) is 0 Å².